The summed E-state index contributed by atoms with van der Waals surface area (Å²) >= 11 is 0. The second-order valence-corrected chi connectivity index (χ2v) is 8.67. The second kappa shape index (κ2) is 7.40. The third kappa shape index (κ3) is 3.33. The highest BCUT2D eigenvalue weighted by molar-refractivity contribution is 5.89. The van der Waals surface area contributed by atoms with Crippen LogP contribution in [0, 0.1) is 6.92 Å². The zero-order valence-electron chi connectivity index (χ0n) is 18.0. The van der Waals surface area contributed by atoms with E-state index in [9.17, 15) is 0 Å². The number of nitrogens with zero attached hydrogens (tertiary/aromatic N) is 5. The molecule has 1 aliphatic rings. The van der Waals surface area contributed by atoms with E-state index in [4.69, 9.17) is 9.72 Å². The van der Waals surface area contributed by atoms with Gasteiger partial charge in [0.1, 0.15) is 12.4 Å². The standard InChI is InChI=1S/C23H28N6O/c1-14(2)20-21(16-11-15(3)23-24-13-25-29(23)12-16)26-18-5-6-19(27-22(18)20)30-17-7-9-28(4)10-8-17/h5-6,11-14,17,26H,7-10H2,1-4H3. The number of ether oxygens (including phenoxy) is 1. The fourth-order valence-corrected chi connectivity index (χ4v) is 4.43. The molecule has 0 radical (unpaired) electrons. The molecule has 0 aromatic carbocycles. The molecule has 7 heteroatoms. The van der Waals surface area contributed by atoms with Gasteiger partial charge in [-0.2, -0.15) is 5.10 Å². The van der Waals surface area contributed by atoms with Crippen molar-refractivity contribution in [3.63, 3.8) is 0 Å². The van der Waals surface area contributed by atoms with Crippen molar-refractivity contribution in [3.05, 3.63) is 41.9 Å². The van der Waals surface area contributed by atoms with Crippen molar-refractivity contribution in [2.45, 2.75) is 45.6 Å². The Hall–Kier alpha value is -2.93. The Morgan fingerprint density at radius 3 is 2.77 bits per heavy atom. The van der Waals surface area contributed by atoms with Crippen LogP contribution in [0.4, 0.5) is 0 Å². The largest absolute Gasteiger partial charge is 0.474 e. The minimum Gasteiger partial charge on any atom is -0.474 e. The number of pyridine rings is 2. The molecule has 4 aromatic rings. The average Bonchev–Trinajstić information content (AvgIpc) is 3.34. The smallest absolute Gasteiger partial charge is 0.214 e. The van der Waals surface area contributed by atoms with E-state index < -0.39 is 0 Å². The van der Waals surface area contributed by atoms with Crippen molar-refractivity contribution >= 4 is 16.7 Å². The summed E-state index contributed by atoms with van der Waals surface area (Å²) in [4.78, 5) is 15.2. The van der Waals surface area contributed by atoms with E-state index in [2.05, 4.69) is 59.9 Å². The van der Waals surface area contributed by atoms with Gasteiger partial charge in [-0.3, -0.25) is 0 Å². The lowest BCUT2D eigenvalue weighted by Crippen LogP contribution is -2.35. The van der Waals surface area contributed by atoms with E-state index in [1.807, 2.05) is 16.8 Å². The predicted molar refractivity (Wildman–Crippen MR) is 118 cm³/mol. The van der Waals surface area contributed by atoms with E-state index in [1.165, 1.54) is 5.56 Å². The monoisotopic (exact) mass is 404 g/mol. The number of hydrogen-bond acceptors (Lipinski definition) is 5. The molecule has 1 saturated heterocycles. The molecule has 0 aliphatic carbocycles. The minimum absolute atomic E-state index is 0.240. The Labute approximate surface area is 176 Å². The number of fused-ring (bicyclic) bond motifs is 2. The first-order valence-electron chi connectivity index (χ1n) is 10.7. The maximum atomic E-state index is 6.25. The highest BCUT2D eigenvalue weighted by atomic mass is 16.5. The van der Waals surface area contributed by atoms with Crippen LogP contribution in [-0.4, -0.2) is 55.7 Å². The van der Waals surface area contributed by atoms with Gasteiger partial charge in [-0.05, 0) is 50.4 Å². The lowest BCUT2D eigenvalue weighted by Gasteiger charge is -2.28. The fourth-order valence-electron chi connectivity index (χ4n) is 4.43. The van der Waals surface area contributed by atoms with Gasteiger partial charge in [0.05, 0.1) is 16.7 Å². The molecule has 0 spiro atoms. The van der Waals surface area contributed by atoms with Crippen LogP contribution in [0.5, 0.6) is 5.88 Å². The van der Waals surface area contributed by atoms with Gasteiger partial charge in [0.2, 0.25) is 5.88 Å². The van der Waals surface area contributed by atoms with E-state index in [-0.39, 0.29) is 6.10 Å². The van der Waals surface area contributed by atoms with E-state index in [0.29, 0.717) is 11.8 Å². The van der Waals surface area contributed by atoms with E-state index >= 15 is 0 Å². The van der Waals surface area contributed by atoms with Gasteiger partial charge in [-0.25, -0.2) is 14.5 Å². The second-order valence-electron chi connectivity index (χ2n) is 8.67. The number of nitrogens with one attached hydrogen (secondary N) is 1. The average molecular weight is 405 g/mol. The molecule has 1 N–H and O–H groups in total. The molecule has 5 heterocycles. The Morgan fingerprint density at radius 1 is 1.20 bits per heavy atom. The predicted octanol–water partition coefficient (Wildman–Crippen LogP) is 4.18. The lowest BCUT2D eigenvalue weighted by atomic mass is 9.98. The van der Waals surface area contributed by atoms with Gasteiger partial charge >= 0.3 is 0 Å². The number of H-pyrrole nitrogens is 1. The first-order valence-corrected chi connectivity index (χ1v) is 10.7. The summed E-state index contributed by atoms with van der Waals surface area (Å²) in [7, 11) is 2.16. The Balaban J connectivity index is 1.56. The van der Waals surface area contributed by atoms with Crippen molar-refractivity contribution in [3.8, 4) is 17.1 Å². The molecule has 0 saturated carbocycles. The zero-order chi connectivity index (χ0) is 20.8. The van der Waals surface area contributed by atoms with Crippen molar-refractivity contribution in [2.75, 3.05) is 20.1 Å². The van der Waals surface area contributed by atoms with Gasteiger partial charge in [0.25, 0.3) is 0 Å². The molecule has 0 bridgehead atoms. The van der Waals surface area contributed by atoms with Gasteiger partial charge in [0.15, 0.2) is 5.65 Å². The summed E-state index contributed by atoms with van der Waals surface area (Å²) in [5.74, 6) is 1.03. The fraction of sp³-hybridized carbons (Fsp3) is 0.435. The molecule has 4 aromatic heterocycles. The maximum absolute atomic E-state index is 6.25. The molecule has 1 aliphatic heterocycles. The molecule has 7 nitrogen and oxygen atoms in total. The van der Waals surface area contributed by atoms with Crippen LogP contribution in [0.1, 0.15) is 43.7 Å². The van der Waals surface area contributed by atoms with Crippen LogP contribution in [-0.2, 0) is 0 Å². The molecule has 0 atom stereocenters. The van der Waals surface area contributed by atoms with Crippen LogP contribution >= 0.6 is 0 Å². The van der Waals surface area contributed by atoms with Crippen molar-refractivity contribution in [1.29, 1.82) is 0 Å². The SMILES string of the molecule is Cc1cc(-c2[nH]c3ccc(OC4CCN(C)CC4)nc3c2C(C)C)cn2ncnc12. The Morgan fingerprint density at radius 2 is 2.00 bits per heavy atom. The molecular weight excluding hydrogens is 376 g/mol. The summed E-state index contributed by atoms with van der Waals surface area (Å²) in [6.07, 6.45) is 5.95. The summed E-state index contributed by atoms with van der Waals surface area (Å²) in [6.45, 7) is 8.63. The Bertz CT molecular complexity index is 1200. The third-order valence-corrected chi connectivity index (χ3v) is 6.03. The highest BCUT2D eigenvalue weighted by Gasteiger charge is 2.21. The Kier molecular flexibility index (Phi) is 4.70. The maximum Gasteiger partial charge on any atom is 0.214 e. The summed E-state index contributed by atoms with van der Waals surface area (Å²) in [5.41, 5.74) is 7.38. The molecule has 30 heavy (non-hydrogen) atoms. The van der Waals surface area contributed by atoms with Crippen molar-refractivity contribution in [2.24, 2.45) is 0 Å². The molecule has 0 unspecified atom stereocenters. The van der Waals surface area contributed by atoms with Crippen LogP contribution in [0.2, 0.25) is 0 Å². The lowest BCUT2D eigenvalue weighted by molar-refractivity contribution is 0.110. The van der Waals surface area contributed by atoms with Gasteiger partial charge in [-0.15, -0.1) is 0 Å². The number of rotatable bonds is 4. The van der Waals surface area contributed by atoms with Gasteiger partial charge in [-0.1, -0.05) is 13.8 Å². The molecule has 0 amide bonds. The van der Waals surface area contributed by atoms with Crippen molar-refractivity contribution < 1.29 is 4.74 Å². The number of aromatic nitrogens is 5. The third-order valence-electron chi connectivity index (χ3n) is 6.03. The van der Waals surface area contributed by atoms with Crippen LogP contribution in [0.3, 0.4) is 0 Å². The van der Waals surface area contributed by atoms with E-state index in [1.54, 1.807) is 6.33 Å². The first kappa shape index (κ1) is 19.1. The topological polar surface area (TPSA) is 71.3 Å². The highest BCUT2D eigenvalue weighted by Crippen LogP contribution is 2.36. The summed E-state index contributed by atoms with van der Waals surface area (Å²) in [5, 5.41) is 4.33. The molecule has 5 rings (SSSR count). The zero-order valence-corrected chi connectivity index (χ0v) is 18.0. The summed E-state index contributed by atoms with van der Waals surface area (Å²) in [6, 6.07) is 6.23. The minimum atomic E-state index is 0.240. The molecular formula is C23H28N6O. The first-order chi connectivity index (χ1) is 14.5. The number of aromatic amines is 1. The normalized spacial score (nSPS) is 16.2. The van der Waals surface area contributed by atoms with Crippen LogP contribution < -0.4 is 4.74 Å². The van der Waals surface area contributed by atoms with Crippen LogP contribution in [0.25, 0.3) is 27.9 Å². The van der Waals surface area contributed by atoms with Gasteiger partial charge in [0, 0.05) is 36.5 Å². The van der Waals surface area contributed by atoms with Crippen LogP contribution in [0.15, 0.2) is 30.7 Å². The summed E-state index contributed by atoms with van der Waals surface area (Å²) < 4.78 is 8.09. The van der Waals surface area contributed by atoms with E-state index in [0.717, 1.165) is 59.4 Å². The quantitative estimate of drug-likeness (QED) is 0.553. The van der Waals surface area contributed by atoms with Gasteiger partial charge < -0.3 is 14.6 Å². The van der Waals surface area contributed by atoms with Crippen molar-refractivity contribution in [1.82, 2.24) is 29.5 Å². The number of aryl methyl sites for hydroxylation is 1. The number of likely N-dealkylation sites (tertiary alicyclic amines) is 1. The molecule has 156 valence electrons. The number of piperidine rings is 1. The molecule has 1 fully saturated rings. The number of hydrogen-bond donors (Lipinski definition) is 1.